The number of benzene rings is 1. The number of hydrogen-bond donors (Lipinski definition) is 1. The van der Waals surface area contributed by atoms with Crippen LogP contribution >= 0.6 is 0 Å². The van der Waals surface area contributed by atoms with Gasteiger partial charge in [-0.1, -0.05) is 23.8 Å². The van der Waals surface area contributed by atoms with Gasteiger partial charge < -0.3 is 10.1 Å². The molecular weight excluding hydrogens is 443 g/mol. The molecule has 0 saturated heterocycles. The first-order valence-electron chi connectivity index (χ1n) is 11.0. The number of halogens is 3. The molecule has 3 aliphatic carbocycles. The number of nitrogens with zero attached hydrogens (tertiary/aromatic N) is 2. The lowest BCUT2D eigenvalue weighted by Gasteiger charge is -2.52. The predicted octanol–water partition coefficient (Wildman–Crippen LogP) is 6.50. The van der Waals surface area contributed by atoms with Crippen LogP contribution in [0, 0.1) is 11.3 Å². The highest BCUT2D eigenvalue weighted by atomic mass is 19.4. The standard InChI is InChI=1S/C26H22F3N3O2/c27-26(28,29)20-6-7-23(31-15-20)34-22-5-1-3-17(12-22)11-18-8-9-25(13-19(18)14-25)24(33)32-21-4-2-10-30-16-21/h1-7,10-12,15-16,19H,8-9,13-14H2,(H,32,33). The summed E-state index contributed by atoms with van der Waals surface area (Å²) in [6.07, 6.45) is 5.07. The van der Waals surface area contributed by atoms with E-state index in [9.17, 15) is 18.0 Å². The fraction of sp³-hybridized carbons (Fsp3) is 0.269. The highest BCUT2D eigenvalue weighted by molar-refractivity contribution is 5.96. The molecule has 2 heterocycles. The van der Waals surface area contributed by atoms with Gasteiger partial charge in [-0.15, -0.1) is 0 Å². The number of nitrogens with one attached hydrogen (secondary N) is 1. The van der Waals surface area contributed by atoms with E-state index < -0.39 is 11.7 Å². The van der Waals surface area contributed by atoms with Gasteiger partial charge >= 0.3 is 6.18 Å². The fourth-order valence-corrected chi connectivity index (χ4v) is 4.74. The maximum atomic E-state index is 12.8. The monoisotopic (exact) mass is 465 g/mol. The number of anilines is 1. The first kappa shape index (κ1) is 22.1. The van der Waals surface area contributed by atoms with Crippen LogP contribution in [0.3, 0.4) is 0 Å². The average Bonchev–Trinajstić information content (AvgIpc) is 2.79. The van der Waals surface area contributed by atoms with Crippen LogP contribution in [0.5, 0.6) is 11.6 Å². The van der Waals surface area contributed by atoms with Gasteiger partial charge in [0.25, 0.3) is 0 Å². The largest absolute Gasteiger partial charge is 0.439 e. The number of aromatic nitrogens is 2. The molecule has 6 rings (SSSR count). The number of allylic oxidation sites excluding steroid dienone is 1. The van der Waals surface area contributed by atoms with Crippen molar-refractivity contribution in [2.75, 3.05) is 5.32 Å². The van der Waals surface area contributed by atoms with E-state index in [-0.39, 0.29) is 17.2 Å². The van der Waals surface area contributed by atoms with Crippen molar-refractivity contribution in [2.45, 2.75) is 31.9 Å². The molecule has 3 fully saturated rings. The van der Waals surface area contributed by atoms with Crippen LogP contribution in [0.4, 0.5) is 18.9 Å². The summed E-state index contributed by atoms with van der Waals surface area (Å²) in [6, 6.07) is 13.1. The Morgan fingerprint density at radius 1 is 1.12 bits per heavy atom. The van der Waals surface area contributed by atoms with Gasteiger partial charge in [-0.25, -0.2) is 4.98 Å². The number of fused-ring (bicyclic) bond motifs is 2. The summed E-state index contributed by atoms with van der Waals surface area (Å²) in [6.45, 7) is 0. The Hall–Kier alpha value is -3.68. The maximum Gasteiger partial charge on any atom is 0.417 e. The minimum absolute atomic E-state index is 0.0650. The summed E-state index contributed by atoms with van der Waals surface area (Å²) < 4.78 is 43.8. The van der Waals surface area contributed by atoms with Crippen molar-refractivity contribution in [1.82, 2.24) is 9.97 Å². The van der Waals surface area contributed by atoms with E-state index in [4.69, 9.17) is 4.74 Å². The Kier molecular flexibility index (Phi) is 5.59. The molecule has 3 aliphatic rings. The van der Waals surface area contributed by atoms with Crippen molar-refractivity contribution < 1.29 is 22.7 Å². The molecule has 0 spiro atoms. The molecule has 1 amide bonds. The number of hydrogen-bond acceptors (Lipinski definition) is 4. The van der Waals surface area contributed by atoms with E-state index in [1.165, 1.54) is 11.6 Å². The number of ether oxygens (including phenoxy) is 1. The first-order valence-corrected chi connectivity index (χ1v) is 11.0. The number of amides is 1. The lowest BCUT2D eigenvalue weighted by atomic mass is 9.52. The molecule has 5 nitrogen and oxygen atoms in total. The minimum atomic E-state index is -4.43. The van der Waals surface area contributed by atoms with Crippen molar-refractivity contribution in [3.63, 3.8) is 0 Å². The van der Waals surface area contributed by atoms with Crippen LogP contribution in [0.2, 0.25) is 0 Å². The molecule has 0 atom stereocenters. The summed E-state index contributed by atoms with van der Waals surface area (Å²) in [5.41, 5.74) is 1.84. The van der Waals surface area contributed by atoms with Gasteiger partial charge in [0.2, 0.25) is 11.8 Å². The molecule has 2 bridgehead atoms. The number of pyridine rings is 2. The van der Waals surface area contributed by atoms with Gasteiger partial charge in [0, 0.05) is 18.5 Å². The van der Waals surface area contributed by atoms with Crippen molar-refractivity contribution in [2.24, 2.45) is 11.3 Å². The van der Waals surface area contributed by atoms with Gasteiger partial charge in [0.1, 0.15) is 5.75 Å². The second-order valence-electron chi connectivity index (χ2n) is 8.86. The zero-order valence-electron chi connectivity index (χ0n) is 18.2. The molecule has 3 saturated carbocycles. The lowest BCUT2D eigenvalue weighted by molar-refractivity contribution is -0.138. The Bertz CT molecular complexity index is 1210. The summed E-state index contributed by atoms with van der Waals surface area (Å²) in [4.78, 5) is 20.6. The Balaban J connectivity index is 1.23. The van der Waals surface area contributed by atoms with Gasteiger partial charge in [-0.3, -0.25) is 9.78 Å². The summed E-state index contributed by atoms with van der Waals surface area (Å²) in [5.74, 6) is 1.03. The summed E-state index contributed by atoms with van der Waals surface area (Å²) in [5, 5.41) is 2.99. The molecule has 1 N–H and O–H groups in total. The van der Waals surface area contributed by atoms with Crippen LogP contribution in [0.25, 0.3) is 6.08 Å². The SMILES string of the molecule is O=C(Nc1cccnc1)C12CCC(=Cc3cccc(Oc4ccc(C(F)(F)F)cn4)c3)C(C1)C2. The first-order chi connectivity index (χ1) is 16.3. The average molecular weight is 465 g/mol. The molecular formula is C26H22F3N3O2. The molecule has 0 radical (unpaired) electrons. The van der Waals surface area contributed by atoms with Gasteiger partial charge in [0.15, 0.2) is 0 Å². The molecule has 0 aliphatic heterocycles. The predicted molar refractivity (Wildman–Crippen MR) is 121 cm³/mol. The van der Waals surface area contributed by atoms with Crippen molar-refractivity contribution in [3.8, 4) is 11.6 Å². The van der Waals surface area contributed by atoms with Crippen LogP contribution in [-0.4, -0.2) is 15.9 Å². The number of alkyl halides is 3. The maximum absolute atomic E-state index is 12.8. The third-order valence-corrected chi connectivity index (χ3v) is 6.59. The Morgan fingerprint density at radius 2 is 1.97 bits per heavy atom. The fourth-order valence-electron chi connectivity index (χ4n) is 4.74. The normalized spacial score (nSPS) is 22.7. The quantitative estimate of drug-likeness (QED) is 0.467. The minimum Gasteiger partial charge on any atom is -0.439 e. The number of carbonyl (C=O) groups excluding carboxylic acids is 1. The topological polar surface area (TPSA) is 64.1 Å². The lowest BCUT2D eigenvalue weighted by Crippen LogP contribution is -2.50. The third-order valence-electron chi connectivity index (χ3n) is 6.59. The molecule has 174 valence electrons. The molecule has 8 heteroatoms. The van der Waals surface area contributed by atoms with Crippen LogP contribution in [-0.2, 0) is 11.0 Å². The van der Waals surface area contributed by atoms with E-state index in [0.717, 1.165) is 43.5 Å². The second-order valence-corrected chi connectivity index (χ2v) is 8.86. The zero-order chi connectivity index (χ0) is 23.8. The van der Waals surface area contributed by atoms with E-state index in [0.29, 0.717) is 17.4 Å². The van der Waals surface area contributed by atoms with Crippen molar-refractivity contribution >= 4 is 17.7 Å². The smallest absolute Gasteiger partial charge is 0.417 e. The van der Waals surface area contributed by atoms with E-state index in [1.54, 1.807) is 24.5 Å². The Morgan fingerprint density at radius 3 is 2.62 bits per heavy atom. The molecule has 34 heavy (non-hydrogen) atoms. The number of carbonyl (C=O) groups is 1. The van der Waals surface area contributed by atoms with Crippen LogP contribution in [0.1, 0.15) is 36.8 Å². The molecule has 2 aromatic heterocycles. The summed E-state index contributed by atoms with van der Waals surface area (Å²) >= 11 is 0. The molecule has 1 aromatic carbocycles. The number of rotatable bonds is 5. The third kappa shape index (κ3) is 4.53. The molecule has 0 unspecified atom stereocenters. The van der Waals surface area contributed by atoms with Gasteiger partial charge in [0.05, 0.1) is 22.9 Å². The van der Waals surface area contributed by atoms with E-state index in [2.05, 4.69) is 21.4 Å². The summed E-state index contributed by atoms with van der Waals surface area (Å²) in [7, 11) is 0. The van der Waals surface area contributed by atoms with Gasteiger partial charge in [-0.2, -0.15) is 13.2 Å². The van der Waals surface area contributed by atoms with Crippen molar-refractivity contribution in [1.29, 1.82) is 0 Å². The highest BCUT2D eigenvalue weighted by Crippen LogP contribution is 2.58. The van der Waals surface area contributed by atoms with E-state index >= 15 is 0 Å². The molecule has 3 aromatic rings. The van der Waals surface area contributed by atoms with Crippen molar-refractivity contribution in [3.05, 3.63) is 83.8 Å². The zero-order valence-corrected chi connectivity index (χ0v) is 18.2. The van der Waals surface area contributed by atoms with Crippen LogP contribution < -0.4 is 10.1 Å². The van der Waals surface area contributed by atoms with Gasteiger partial charge in [-0.05, 0) is 67.5 Å². The van der Waals surface area contributed by atoms with E-state index in [1.807, 2.05) is 24.3 Å². The highest BCUT2D eigenvalue weighted by Gasteiger charge is 2.53. The Labute approximate surface area is 194 Å². The van der Waals surface area contributed by atoms with Crippen LogP contribution in [0.15, 0.2) is 72.7 Å². The second kappa shape index (κ2) is 8.59.